The van der Waals surface area contributed by atoms with Crippen molar-refractivity contribution in [2.45, 2.75) is 6.54 Å². The van der Waals surface area contributed by atoms with Crippen molar-refractivity contribution in [1.82, 2.24) is 20.2 Å². The highest BCUT2D eigenvalue weighted by molar-refractivity contribution is 6.35. The molecule has 0 spiro atoms. The van der Waals surface area contributed by atoms with Gasteiger partial charge in [-0.1, -0.05) is 29.3 Å². The second-order valence-electron chi connectivity index (χ2n) is 2.90. The summed E-state index contributed by atoms with van der Waals surface area (Å²) < 4.78 is 1.18. The van der Waals surface area contributed by atoms with E-state index < -0.39 is 0 Å². The monoisotopic (exact) mass is 244 g/mol. The molecule has 0 bridgehead atoms. The van der Waals surface area contributed by atoms with E-state index in [1.165, 1.54) is 4.68 Å². The third kappa shape index (κ3) is 2.19. The molecule has 2 aromatic rings. The van der Waals surface area contributed by atoms with Crippen molar-refractivity contribution >= 4 is 23.2 Å². The Morgan fingerprint density at radius 1 is 1.40 bits per heavy atom. The van der Waals surface area contributed by atoms with Crippen LogP contribution in [0.25, 0.3) is 0 Å². The minimum Gasteiger partial charge on any atom is -0.245 e. The number of halogens is 2. The molecular formula is C8H6Cl2N4O. The topological polar surface area (TPSA) is 63.6 Å². The SMILES string of the molecule is O=c1[nH]nnn1Cc1ccc(Cl)cc1Cl. The molecule has 15 heavy (non-hydrogen) atoms. The summed E-state index contributed by atoms with van der Waals surface area (Å²) in [6.45, 7) is 0.269. The number of aromatic amines is 1. The minimum atomic E-state index is -0.374. The van der Waals surface area contributed by atoms with Crippen LogP contribution in [-0.2, 0) is 6.54 Å². The van der Waals surface area contributed by atoms with Crippen molar-refractivity contribution < 1.29 is 0 Å². The van der Waals surface area contributed by atoms with Crippen LogP contribution in [-0.4, -0.2) is 20.2 Å². The van der Waals surface area contributed by atoms with E-state index in [2.05, 4.69) is 15.5 Å². The summed E-state index contributed by atoms with van der Waals surface area (Å²) in [5.41, 5.74) is 0.387. The van der Waals surface area contributed by atoms with Gasteiger partial charge in [0.1, 0.15) is 0 Å². The van der Waals surface area contributed by atoms with Crippen LogP contribution in [0.15, 0.2) is 23.0 Å². The summed E-state index contributed by atoms with van der Waals surface area (Å²) >= 11 is 11.7. The summed E-state index contributed by atoms with van der Waals surface area (Å²) in [6.07, 6.45) is 0. The fourth-order valence-corrected chi connectivity index (χ4v) is 1.60. The van der Waals surface area contributed by atoms with E-state index in [-0.39, 0.29) is 12.2 Å². The third-order valence-electron chi connectivity index (χ3n) is 1.87. The molecule has 0 amide bonds. The summed E-state index contributed by atoms with van der Waals surface area (Å²) in [7, 11) is 0. The Balaban J connectivity index is 2.33. The number of hydrogen-bond acceptors (Lipinski definition) is 3. The first-order valence-electron chi connectivity index (χ1n) is 4.09. The molecule has 1 heterocycles. The average Bonchev–Trinajstić information content (AvgIpc) is 2.57. The van der Waals surface area contributed by atoms with Gasteiger partial charge in [0, 0.05) is 10.0 Å². The molecule has 0 atom stereocenters. The van der Waals surface area contributed by atoms with Crippen LogP contribution in [0.5, 0.6) is 0 Å². The highest BCUT2D eigenvalue weighted by atomic mass is 35.5. The van der Waals surface area contributed by atoms with Gasteiger partial charge in [0.2, 0.25) is 0 Å². The van der Waals surface area contributed by atoms with Gasteiger partial charge in [-0.15, -0.1) is 0 Å². The lowest BCUT2D eigenvalue weighted by atomic mass is 10.2. The summed E-state index contributed by atoms with van der Waals surface area (Å²) in [6, 6.07) is 5.06. The van der Waals surface area contributed by atoms with Gasteiger partial charge < -0.3 is 0 Å². The van der Waals surface area contributed by atoms with Crippen LogP contribution in [0.3, 0.4) is 0 Å². The molecule has 1 aromatic heterocycles. The lowest BCUT2D eigenvalue weighted by Gasteiger charge is -2.02. The van der Waals surface area contributed by atoms with Crippen molar-refractivity contribution in [1.29, 1.82) is 0 Å². The van der Waals surface area contributed by atoms with Crippen LogP contribution in [0, 0.1) is 0 Å². The van der Waals surface area contributed by atoms with E-state index >= 15 is 0 Å². The van der Waals surface area contributed by atoms with Crippen LogP contribution in [0.2, 0.25) is 10.0 Å². The fourth-order valence-electron chi connectivity index (χ4n) is 1.13. The zero-order chi connectivity index (χ0) is 10.8. The Bertz CT molecular complexity index is 533. The normalized spacial score (nSPS) is 10.5. The van der Waals surface area contributed by atoms with Gasteiger partial charge in [-0.3, -0.25) is 0 Å². The predicted octanol–water partition coefficient (Wildman–Crippen LogP) is 1.32. The smallest absolute Gasteiger partial charge is 0.245 e. The Morgan fingerprint density at radius 3 is 2.80 bits per heavy atom. The third-order valence-corrected chi connectivity index (χ3v) is 2.45. The number of nitrogens with zero attached hydrogens (tertiary/aromatic N) is 3. The second-order valence-corrected chi connectivity index (χ2v) is 3.74. The predicted molar refractivity (Wildman–Crippen MR) is 56.2 cm³/mol. The number of benzene rings is 1. The van der Waals surface area contributed by atoms with Crippen molar-refractivity contribution in [3.63, 3.8) is 0 Å². The number of rotatable bonds is 2. The summed E-state index contributed by atoms with van der Waals surface area (Å²) in [5, 5.41) is 10.2. The van der Waals surface area contributed by atoms with Gasteiger partial charge >= 0.3 is 5.69 Å². The molecule has 1 N–H and O–H groups in total. The van der Waals surface area contributed by atoms with E-state index in [4.69, 9.17) is 23.2 Å². The maximum absolute atomic E-state index is 11.1. The molecule has 1 aromatic carbocycles. The largest absolute Gasteiger partial charge is 0.361 e. The van der Waals surface area contributed by atoms with Crippen LogP contribution in [0.1, 0.15) is 5.56 Å². The van der Waals surface area contributed by atoms with Gasteiger partial charge in [-0.2, -0.15) is 4.68 Å². The zero-order valence-electron chi connectivity index (χ0n) is 7.44. The van der Waals surface area contributed by atoms with E-state index in [0.29, 0.717) is 10.0 Å². The van der Waals surface area contributed by atoms with Crippen molar-refractivity contribution in [3.8, 4) is 0 Å². The van der Waals surface area contributed by atoms with Crippen molar-refractivity contribution in [3.05, 3.63) is 44.3 Å². The molecule has 0 saturated heterocycles. The van der Waals surface area contributed by atoms with E-state index in [1.807, 2.05) is 0 Å². The summed E-state index contributed by atoms with van der Waals surface area (Å²) in [5.74, 6) is 0. The molecule has 2 rings (SSSR count). The molecule has 7 heteroatoms. The van der Waals surface area contributed by atoms with Crippen LogP contribution >= 0.6 is 23.2 Å². The second kappa shape index (κ2) is 4.04. The number of tetrazole rings is 1. The van der Waals surface area contributed by atoms with E-state index in [1.54, 1.807) is 18.2 Å². The van der Waals surface area contributed by atoms with E-state index in [9.17, 15) is 4.79 Å². The first-order valence-corrected chi connectivity index (χ1v) is 4.84. The Labute approximate surface area is 94.6 Å². The number of H-pyrrole nitrogens is 1. The average molecular weight is 245 g/mol. The Kier molecular flexibility index (Phi) is 2.75. The minimum absolute atomic E-state index is 0.269. The molecular weight excluding hydrogens is 239 g/mol. The highest BCUT2D eigenvalue weighted by Gasteiger charge is 2.05. The first-order chi connectivity index (χ1) is 7.16. The maximum Gasteiger partial charge on any atom is 0.361 e. The molecule has 0 aliphatic rings. The van der Waals surface area contributed by atoms with Gasteiger partial charge in [0.15, 0.2) is 0 Å². The summed E-state index contributed by atoms with van der Waals surface area (Å²) in [4.78, 5) is 11.1. The van der Waals surface area contributed by atoms with E-state index in [0.717, 1.165) is 5.56 Å². The van der Waals surface area contributed by atoms with Gasteiger partial charge in [-0.05, 0) is 28.1 Å². The van der Waals surface area contributed by atoms with Crippen molar-refractivity contribution in [2.24, 2.45) is 0 Å². The number of aromatic nitrogens is 4. The lowest BCUT2D eigenvalue weighted by molar-refractivity contribution is 0.632. The first kappa shape index (κ1) is 10.2. The molecule has 5 nitrogen and oxygen atoms in total. The molecule has 0 fully saturated rings. The quantitative estimate of drug-likeness (QED) is 0.867. The molecule has 0 saturated carbocycles. The van der Waals surface area contributed by atoms with Crippen LogP contribution < -0.4 is 5.69 Å². The molecule has 0 radical (unpaired) electrons. The van der Waals surface area contributed by atoms with Gasteiger partial charge in [0.05, 0.1) is 6.54 Å². The molecule has 78 valence electrons. The number of hydrogen-bond donors (Lipinski definition) is 1. The zero-order valence-corrected chi connectivity index (χ0v) is 8.96. The highest BCUT2D eigenvalue weighted by Crippen LogP contribution is 2.20. The molecule has 0 aliphatic carbocycles. The van der Waals surface area contributed by atoms with Gasteiger partial charge in [0.25, 0.3) is 0 Å². The molecule has 0 aliphatic heterocycles. The standard InChI is InChI=1S/C8H6Cl2N4O/c9-6-2-1-5(7(10)3-6)4-14-8(15)11-12-13-14/h1-3H,4H2,(H,11,13,15). The maximum atomic E-state index is 11.1. The lowest BCUT2D eigenvalue weighted by Crippen LogP contribution is -2.18. The van der Waals surface area contributed by atoms with Crippen LogP contribution in [0.4, 0.5) is 0 Å². The fraction of sp³-hybridized carbons (Fsp3) is 0.125. The number of nitrogens with one attached hydrogen (secondary N) is 1. The molecule has 0 unspecified atom stereocenters. The Hall–Kier alpha value is -1.33. The van der Waals surface area contributed by atoms with Gasteiger partial charge in [-0.25, -0.2) is 9.89 Å². The van der Waals surface area contributed by atoms with Crippen molar-refractivity contribution in [2.75, 3.05) is 0 Å². The Morgan fingerprint density at radius 2 is 2.20 bits per heavy atom.